The molecular formula is C12H15ClN2O2. The Bertz CT molecular complexity index is 490. The molecule has 4 nitrogen and oxygen atoms in total. The van der Waals surface area contributed by atoms with Gasteiger partial charge in [0, 0.05) is 18.8 Å². The van der Waals surface area contributed by atoms with Gasteiger partial charge in [-0.25, -0.2) is 0 Å². The lowest BCUT2D eigenvalue weighted by molar-refractivity contribution is 0.0791. The lowest BCUT2D eigenvalue weighted by Gasteiger charge is -2.15. The summed E-state index contributed by atoms with van der Waals surface area (Å²) in [6, 6.07) is 1.49. The summed E-state index contributed by atoms with van der Waals surface area (Å²) in [4.78, 5) is 28.2. The van der Waals surface area contributed by atoms with Crippen LogP contribution in [0.4, 0.5) is 0 Å². The Balaban J connectivity index is 2.35. The van der Waals surface area contributed by atoms with E-state index in [2.05, 4.69) is 4.98 Å². The molecule has 1 N–H and O–H groups in total. The second-order valence-corrected chi connectivity index (χ2v) is 4.60. The number of H-pyrrole nitrogens is 1. The van der Waals surface area contributed by atoms with Crippen LogP contribution in [0.1, 0.15) is 35.8 Å². The molecule has 1 aromatic heterocycles. The van der Waals surface area contributed by atoms with Gasteiger partial charge in [0.05, 0.1) is 5.02 Å². The molecule has 0 unspecified atom stereocenters. The van der Waals surface area contributed by atoms with Crippen molar-refractivity contribution in [1.29, 1.82) is 0 Å². The second kappa shape index (κ2) is 4.92. The first kappa shape index (κ1) is 12.2. The van der Waals surface area contributed by atoms with Crippen LogP contribution in [0.2, 0.25) is 5.02 Å². The van der Waals surface area contributed by atoms with Crippen LogP contribution >= 0.6 is 11.6 Å². The molecule has 1 saturated heterocycles. The minimum Gasteiger partial charge on any atom is -0.338 e. The number of hydrogen-bond donors (Lipinski definition) is 1. The molecule has 5 heteroatoms. The fourth-order valence-corrected chi connectivity index (χ4v) is 2.34. The number of carbonyl (C=O) groups is 1. The average Bonchev–Trinajstić information content (AvgIpc) is 2.84. The molecule has 92 valence electrons. The molecular weight excluding hydrogens is 240 g/mol. The highest BCUT2D eigenvalue weighted by atomic mass is 35.5. The van der Waals surface area contributed by atoms with Crippen molar-refractivity contribution < 1.29 is 4.79 Å². The monoisotopic (exact) mass is 254 g/mol. The van der Waals surface area contributed by atoms with E-state index in [0.717, 1.165) is 25.9 Å². The topological polar surface area (TPSA) is 53.2 Å². The zero-order chi connectivity index (χ0) is 12.4. The Hall–Kier alpha value is -1.29. The van der Waals surface area contributed by atoms with E-state index in [9.17, 15) is 9.59 Å². The number of carbonyl (C=O) groups excluding carboxylic acids is 1. The lowest BCUT2D eigenvalue weighted by Crippen LogP contribution is -2.32. The van der Waals surface area contributed by atoms with Gasteiger partial charge in [0.1, 0.15) is 5.56 Å². The van der Waals surface area contributed by atoms with Gasteiger partial charge in [-0.1, -0.05) is 18.5 Å². The standard InChI is InChI=1S/C12H15ClN2O2/c1-2-10-9(13)7-8(11(16)14-10)12(17)15-5-3-4-6-15/h7H,2-6H2,1H3,(H,14,16). The van der Waals surface area contributed by atoms with E-state index in [1.165, 1.54) is 6.07 Å². The van der Waals surface area contributed by atoms with E-state index >= 15 is 0 Å². The zero-order valence-corrected chi connectivity index (χ0v) is 10.5. The molecule has 2 rings (SSSR count). The molecule has 0 radical (unpaired) electrons. The highest BCUT2D eigenvalue weighted by Crippen LogP contribution is 2.16. The number of nitrogens with one attached hydrogen (secondary N) is 1. The van der Waals surface area contributed by atoms with Crippen LogP contribution in [-0.2, 0) is 6.42 Å². The normalized spacial score (nSPS) is 15.3. The summed E-state index contributed by atoms with van der Waals surface area (Å²) in [5.74, 6) is -0.215. The van der Waals surface area contributed by atoms with Gasteiger partial charge < -0.3 is 9.88 Å². The Morgan fingerprint density at radius 3 is 2.71 bits per heavy atom. The molecule has 0 spiro atoms. The van der Waals surface area contributed by atoms with Gasteiger partial charge in [-0.05, 0) is 25.3 Å². The third-order valence-corrected chi connectivity index (χ3v) is 3.38. The molecule has 0 saturated carbocycles. The molecule has 1 amide bonds. The number of likely N-dealkylation sites (tertiary alicyclic amines) is 1. The number of aromatic nitrogens is 1. The molecule has 1 aliphatic rings. The first-order valence-corrected chi connectivity index (χ1v) is 6.22. The SMILES string of the molecule is CCc1[nH]c(=O)c(C(=O)N2CCCC2)cc1Cl. The average molecular weight is 255 g/mol. The molecule has 0 aromatic carbocycles. The smallest absolute Gasteiger partial charge is 0.261 e. The number of amides is 1. The molecule has 0 atom stereocenters. The van der Waals surface area contributed by atoms with Crippen LogP contribution in [-0.4, -0.2) is 28.9 Å². The number of rotatable bonds is 2. The lowest BCUT2D eigenvalue weighted by atomic mass is 10.2. The summed E-state index contributed by atoms with van der Waals surface area (Å²) >= 11 is 6.01. The van der Waals surface area contributed by atoms with Crippen molar-refractivity contribution in [2.24, 2.45) is 0 Å². The van der Waals surface area contributed by atoms with Crippen LogP contribution < -0.4 is 5.56 Å². The molecule has 0 bridgehead atoms. The summed E-state index contributed by atoms with van der Waals surface area (Å²) in [7, 11) is 0. The van der Waals surface area contributed by atoms with Crippen molar-refractivity contribution in [1.82, 2.24) is 9.88 Å². The van der Waals surface area contributed by atoms with Crippen molar-refractivity contribution in [3.05, 3.63) is 32.7 Å². The Kier molecular flexibility index (Phi) is 3.52. The van der Waals surface area contributed by atoms with Gasteiger partial charge in [0.25, 0.3) is 11.5 Å². The fraction of sp³-hybridized carbons (Fsp3) is 0.500. The van der Waals surface area contributed by atoms with Crippen LogP contribution in [0, 0.1) is 0 Å². The molecule has 2 heterocycles. The van der Waals surface area contributed by atoms with E-state index in [1.54, 1.807) is 4.90 Å². The maximum Gasteiger partial charge on any atom is 0.261 e. The molecule has 1 aliphatic heterocycles. The van der Waals surface area contributed by atoms with Crippen LogP contribution in [0.15, 0.2) is 10.9 Å². The number of hydrogen-bond acceptors (Lipinski definition) is 2. The molecule has 0 aliphatic carbocycles. The van der Waals surface area contributed by atoms with Gasteiger partial charge in [0.2, 0.25) is 0 Å². The zero-order valence-electron chi connectivity index (χ0n) is 9.75. The van der Waals surface area contributed by atoms with Crippen molar-refractivity contribution in [2.45, 2.75) is 26.2 Å². The van der Waals surface area contributed by atoms with Crippen molar-refractivity contribution in [2.75, 3.05) is 13.1 Å². The van der Waals surface area contributed by atoms with E-state index in [-0.39, 0.29) is 17.0 Å². The predicted octanol–water partition coefficient (Wildman–Crippen LogP) is 1.83. The highest BCUT2D eigenvalue weighted by Gasteiger charge is 2.22. The summed E-state index contributed by atoms with van der Waals surface area (Å²) in [6.45, 7) is 3.36. The van der Waals surface area contributed by atoms with Gasteiger partial charge >= 0.3 is 0 Å². The molecule has 17 heavy (non-hydrogen) atoms. The number of pyridine rings is 1. The minimum absolute atomic E-state index is 0.147. The van der Waals surface area contributed by atoms with Crippen molar-refractivity contribution >= 4 is 17.5 Å². The van der Waals surface area contributed by atoms with Crippen molar-refractivity contribution in [3.8, 4) is 0 Å². The number of halogens is 1. The highest BCUT2D eigenvalue weighted by molar-refractivity contribution is 6.31. The summed E-state index contributed by atoms with van der Waals surface area (Å²) in [5, 5.41) is 0.453. The predicted molar refractivity (Wildman–Crippen MR) is 66.6 cm³/mol. The first-order chi connectivity index (χ1) is 8.13. The number of aromatic amines is 1. The van der Waals surface area contributed by atoms with Crippen LogP contribution in [0.3, 0.4) is 0 Å². The summed E-state index contributed by atoms with van der Waals surface area (Å²) in [5.41, 5.74) is 0.479. The van der Waals surface area contributed by atoms with Crippen LogP contribution in [0.25, 0.3) is 0 Å². The van der Waals surface area contributed by atoms with Gasteiger partial charge in [-0.2, -0.15) is 0 Å². The number of nitrogens with zero attached hydrogens (tertiary/aromatic N) is 1. The third-order valence-electron chi connectivity index (χ3n) is 3.05. The van der Waals surface area contributed by atoms with Gasteiger partial charge in [0.15, 0.2) is 0 Å². The molecule has 1 fully saturated rings. The Labute approximate surface area is 105 Å². The summed E-state index contributed by atoms with van der Waals surface area (Å²) in [6.07, 6.45) is 2.65. The summed E-state index contributed by atoms with van der Waals surface area (Å²) < 4.78 is 0. The van der Waals surface area contributed by atoms with Gasteiger partial charge in [-0.15, -0.1) is 0 Å². The van der Waals surface area contributed by atoms with Crippen molar-refractivity contribution in [3.63, 3.8) is 0 Å². The quantitative estimate of drug-likeness (QED) is 0.875. The minimum atomic E-state index is -0.344. The second-order valence-electron chi connectivity index (χ2n) is 4.19. The third kappa shape index (κ3) is 2.36. The van der Waals surface area contributed by atoms with E-state index in [1.807, 2.05) is 6.92 Å². The number of aryl methyl sites for hydroxylation is 1. The largest absolute Gasteiger partial charge is 0.338 e. The molecule has 1 aromatic rings. The van der Waals surface area contributed by atoms with E-state index < -0.39 is 0 Å². The van der Waals surface area contributed by atoms with E-state index in [0.29, 0.717) is 17.1 Å². The first-order valence-electron chi connectivity index (χ1n) is 5.84. The Morgan fingerprint density at radius 2 is 2.12 bits per heavy atom. The maximum absolute atomic E-state index is 12.1. The van der Waals surface area contributed by atoms with E-state index in [4.69, 9.17) is 11.6 Å². The fourth-order valence-electron chi connectivity index (χ4n) is 2.05. The maximum atomic E-state index is 12.1. The Morgan fingerprint density at radius 1 is 1.47 bits per heavy atom. The van der Waals surface area contributed by atoms with Crippen LogP contribution in [0.5, 0.6) is 0 Å². The van der Waals surface area contributed by atoms with Gasteiger partial charge in [-0.3, -0.25) is 9.59 Å².